The zero-order chi connectivity index (χ0) is 12.6. The fraction of sp³-hybridized carbons (Fsp3) is 0.273. The quantitative estimate of drug-likeness (QED) is 0.717. The molecule has 0 aliphatic carbocycles. The van der Waals surface area contributed by atoms with Crippen molar-refractivity contribution in [3.8, 4) is 0 Å². The van der Waals surface area contributed by atoms with Crippen LogP contribution in [0.3, 0.4) is 0 Å². The molecule has 17 heavy (non-hydrogen) atoms. The first-order valence-electron chi connectivity index (χ1n) is 5.00. The number of carbonyl (C=O) groups excluding carboxylic acids is 1. The van der Waals surface area contributed by atoms with Gasteiger partial charge in [0.25, 0.3) is 0 Å². The number of fused-ring (bicyclic) bond motifs is 1. The van der Waals surface area contributed by atoms with Crippen LogP contribution in [0.25, 0.3) is 0 Å². The van der Waals surface area contributed by atoms with E-state index >= 15 is 0 Å². The van der Waals surface area contributed by atoms with Crippen molar-refractivity contribution in [2.75, 3.05) is 11.4 Å². The molecule has 0 spiro atoms. The SMILES string of the molecule is CC1CN(C(=O)C(=O)O)c2ccc(F)cc2S1. The zero-order valence-corrected chi connectivity index (χ0v) is 9.83. The van der Waals surface area contributed by atoms with Gasteiger partial charge in [0.2, 0.25) is 0 Å². The van der Waals surface area contributed by atoms with Crippen LogP contribution >= 0.6 is 11.8 Å². The minimum atomic E-state index is -1.50. The summed E-state index contributed by atoms with van der Waals surface area (Å²) in [5.41, 5.74) is 0.460. The van der Waals surface area contributed by atoms with Crippen LogP contribution in [0.4, 0.5) is 10.1 Å². The molecule has 90 valence electrons. The van der Waals surface area contributed by atoms with Gasteiger partial charge in [-0.1, -0.05) is 6.92 Å². The Kier molecular flexibility index (Phi) is 3.06. The van der Waals surface area contributed by atoms with E-state index in [0.29, 0.717) is 17.1 Å². The average Bonchev–Trinajstić information content (AvgIpc) is 2.26. The first-order chi connectivity index (χ1) is 7.99. The van der Waals surface area contributed by atoms with E-state index < -0.39 is 17.7 Å². The maximum Gasteiger partial charge on any atom is 0.394 e. The predicted molar refractivity (Wildman–Crippen MR) is 61.7 cm³/mol. The van der Waals surface area contributed by atoms with E-state index in [0.717, 1.165) is 0 Å². The number of hydrogen-bond acceptors (Lipinski definition) is 3. The summed E-state index contributed by atoms with van der Waals surface area (Å²) in [6.07, 6.45) is 0. The number of nitrogens with zero attached hydrogens (tertiary/aromatic N) is 1. The summed E-state index contributed by atoms with van der Waals surface area (Å²) in [5.74, 6) is -2.88. The molecule has 1 amide bonds. The van der Waals surface area contributed by atoms with Crippen molar-refractivity contribution in [1.82, 2.24) is 0 Å². The smallest absolute Gasteiger partial charge is 0.394 e. The van der Waals surface area contributed by atoms with Gasteiger partial charge in [-0.3, -0.25) is 4.79 Å². The van der Waals surface area contributed by atoms with E-state index in [2.05, 4.69) is 0 Å². The van der Waals surface area contributed by atoms with Gasteiger partial charge in [-0.2, -0.15) is 0 Å². The number of halogens is 1. The molecule has 0 saturated carbocycles. The first kappa shape index (κ1) is 11.9. The number of carboxylic acids is 1. The largest absolute Gasteiger partial charge is 0.474 e. The number of amides is 1. The van der Waals surface area contributed by atoms with Crippen molar-refractivity contribution in [3.05, 3.63) is 24.0 Å². The van der Waals surface area contributed by atoms with Gasteiger partial charge in [0.15, 0.2) is 0 Å². The fourth-order valence-corrected chi connectivity index (χ4v) is 2.86. The highest BCUT2D eigenvalue weighted by atomic mass is 32.2. The number of rotatable bonds is 0. The van der Waals surface area contributed by atoms with Crippen LogP contribution < -0.4 is 4.90 Å². The maximum absolute atomic E-state index is 13.1. The van der Waals surface area contributed by atoms with Gasteiger partial charge in [-0.05, 0) is 18.2 Å². The second kappa shape index (κ2) is 4.37. The molecular weight excluding hydrogens is 245 g/mol. The molecule has 1 heterocycles. The summed E-state index contributed by atoms with van der Waals surface area (Å²) >= 11 is 1.43. The van der Waals surface area contributed by atoms with Crippen molar-refractivity contribution >= 4 is 29.3 Å². The molecule has 1 aromatic carbocycles. The molecule has 4 nitrogen and oxygen atoms in total. The summed E-state index contributed by atoms with van der Waals surface area (Å²) in [6.45, 7) is 2.18. The number of benzene rings is 1. The summed E-state index contributed by atoms with van der Waals surface area (Å²) in [4.78, 5) is 24.0. The third-order valence-corrected chi connectivity index (χ3v) is 3.54. The second-order valence-electron chi connectivity index (χ2n) is 3.76. The monoisotopic (exact) mass is 255 g/mol. The molecule has 1 atom stereocenters. The number of anilines is 1. The van der Waals surface area contributed by atoms with Gasteiger partial charge < -0.3 is 10.0 Å². The minimum absolute atomic E-state index is 0.0348. The summed E-state index contributed by atoms with van der Waals surface area (Å²) in [5, 5.41) is 8.76. The molecule has 1 aromatic rings. The number of aliphatic carboxylic acids is 1. The molecule has 1 aliphatic rings. The van der Waals surface area contributed by atoms with Gasteiger partial charge >= 0.3 is 11.9 Å². The van der Waals surface area contributed by atoms with Crippen LogP contribution in [0.2, 0.25) is 0 Å². The van der Waals surface area contributed by atoms with E-state index in [9.17, 15) is 14.0 Å². The van der Waals surface area contributed by atoms with E-state index in [1.54, 1.807) is 0 Å². The molecule has 0 bridgehead atoms. The van der Waals surface area contributed by atoms with Crippen LogP contribution in [-0.2, 0) is 9.59 Å². The number of carboxylic acid groups (broad SMARTS) is 1. The lowest BCUT2D eigenvalue weighted by molar-refractivity contribution is -0.148. The molecule has 1 unspecified atom stereocenters. The molecule has 0 saturated heterocycles. The van der Waals surface area contributed by atoms with Crippen LogP contribution in [0, 0.1) is 5.82 Å². The van der Waals surface area contributed by atoms with Crippen LogP contribution in [0.1, 0.15) is 6.92 Å². The number of hydrogen-bond donors (Lipinski definition) is 1. The van der Waals surface area contributed by atoms with Crippen LogP contribution in [0.15, 0.2) is 23.1 Å². The van der Waals surface area contributed by atoms with E-state index in [-0.39, 0.29) is 5.25 Å². The minimum Gasteiger partial charge on any atom is -0.474 e. The van der Waals surface area contributed by atoms with E-state index in [1.165, 1.54) is 34.9 Å². The Balaban J connectivity index is 2.44. The Morgan fingerprint density at radius 2 is 2.24 bits per heavy atom. The van der Waals surface area contributed by atoms with Crippen molar-refractivity contribution < 1.29 is 19.1 Å². The Hall–Kier alpha value is -1.56. The Labute approximate surface area is 101 Å². The highest BCUT2D eigenvalue weighted by Crippen LogP contribution is 2.38. The van der Waals surface area contributed by atoms with Crippen molar-refractivity contribution in [3.63, 3.8) is 0 Å². The predicted octanol–water partition coefficient (Wildman–Crippen LogP) is 1.74. The van der Waals surface area contributed by atoms with Crippen molar-refractivity contribution in [2.24, 2.45) is 0 Å². The highest BCUT2D eigenvalue weighted by molar-refractivity contribution is 8.00. The molecule has 1 N–H and O–H groups in total. The molecule has 0 radical (unpaired) electrons. The van der Waals surface area contributed by atoms with Gasteiger partial charge in [0.05, 0.1) is 5.69 Å². The number of carbonyl (C=O) groups is 2. The first-order valence-corrected chi connectivity index (χ1v) is 5.88. The molecule has 0 fully saturated rings. The van der Waals surface area contributed by atoms with Gasteiger partial charge in [-0.15, -0.1) is 11.8 Å². The standard InChI is InChI=1S/C11H10FNO3S/c1-6-5-13(10(14)11(15)16)8-3-2-7(12)4-9(8)17-6/h2-4,6H,5H2,1H3,(H,15,16). The van der Waals surface area contributed by atoms with Crippen molar-refractivity contribution in [1.29, 1.82) is 0 Å². The Bertz CT molecular complexity index is 492. The molecular formula is C11H10FNO3S. The lowest BCUT2D eigenvalue weighted by Gasteiger charge is -2.31. The average molecular weight is 255 g/mol. The normalized spacial score (nSPS) is 18.7. The Morgan fingerprint density at radius 1 is 1.53 bits per heavy atom. The molecule has 2 rings (SSSR count). The molecule has 1 aliphatic heterocycles. The summed E-state index contributed by atoms with van der Waals surface area (Å²) in [6, 6.07) is 3.97. The number of thioether (sulfide) groups is 1. The second-order valence-corrected chi connectivity index (χ2v) is 5.24. The maximum atomic E-state index is 13.1. The van der Waals surface area contributed by atoms with Crippen LogP contribution in [-0.4, -0.2) is 28.8 Å². The third-order valence-electron chi connectivity index (χ3n) is 2.41. The third kappa shape index (κ3) is 2.26. The topological polar surface area (TPSA) is 57.6 Å². The van der Waals surface area contributed by atoms with Gasteiger partial charge in [0, 0.05) is 16.7 Å². The molecule has 0 aromatic heterocycles. The van der Waals surface area contributed by atoms with Crippen LogP contribution in [0.5, 0.6) is 0 Å². The lowest BCUT2D eigenvalue weighted by Crippen LogP contribution is -2.42. The lowest BCUT2D eigenvalue weighted by atomic mass is 10.2. The highest BCUT2D eigenvalue weighted by Gasteiger charge is 2.30. The fourth-order valence-electron chi connectivity index (χ4n) is 1.72. The Morgan fingerprint density at radius 3 is 2.88 bits per heavy atom. The zero-order valence-electron chi connectivity index (χ0n) is 9.01. The summed E-state index contributed by atoms with van der Waals surface area (Å²) < 4.78 is 13.1. The van der Waals surface area contributed by atoms with Gasteiger partial charge in [0.1, 0.15) is 5.82 Å². The summed E-state index contributed by atoms with van der Waals surface area (Å²) in [7, 11) is 0. The van der Waals surface area contributed by atoms with Gasteiger partial charge in [-0.25, -0.2) is 9.18 Å². The van der Waals surface area contributed by atoms with E-state index in [4.69, 9.17) is 5.11 Å². The van der Waals surface area contributed by atoms with E-state index in [1.807, 2.05) is 6.92 Å². The van der Waals surface area contributed by atoms with Crippen molar-refractivity contribution in [2.45, 2.75) is 17.1 Å². The molecule has 6 heteroatoms.